The summed E-state index contributed by atoms with van der Waals surface area (Å²) in [7, 11) is 0. The van der Waals surface area contributed by atoms with Crippen LogP contribution in [0.2, 0.25) is 0 Å². The van der Waals surface area contributed by atoms with E-state index in [1.54, 1.807) is 6.08 Å². The molecule has 1 N–H and O–H groups in total. The van der Waals surface area contributed by atoms with Gasteiger partial charge in [0.05, 0.1) is 0 Å². The Morgan fingerprint density at radius 3 is 2.41 bits per heavy atom. The third-order valence-corrected chi connectivity index (χ3v) is 4.94. The van der Waals surface area contributed by atoms with Crippen LogP contribution in [0, 0.1) is 11.8 Å². The first kappa shape index (κ1) is 19.0. The molecule has 1 fully saturated rings. The molecule has 2 heteroatoms. The highest BCUT2D eigenvalue weighted by Crippen LogP contribution is 2.38. The van der Waals surface area contributed by atoms with Crippen LogP contribution in [-0.2, 0) is 4.79 Å². The number of unbranched alkanes of at least 4 members (excludes halogenated alkanes) is 5. The van der Waals surface area contributed by atoms with E-state index in [0.717, 1.165) is 18.3 Å². The molecule has 1 aliphatic rings. The normalized spacial score (nSPS) is 22.0. The number of allylic oxidation sites excluding steroid dienone is 3. The molecule has 0 spiro atoms. The van der Waals surface area contributed by atoms with E-state index in [1.165, 1.54) is 76.7 Å². The molecule has 0 saturated heterocycles. The Morgan fingerprint density at radius 2 is 1.68 bits per heavy atom. The summed E-state index contributed by atoms with van der Waals surface area (Å²) in [6.45, 7) is 2.27. The molecule has 1 rings (SSSR count). The van der Waals surface area contributed by atoms with Crippen molar-refractivity contribution < 1.29 is 9.90 Å². The van der Waals surface area contributed by atoms with Crippen molar-refractivity contribution in [3.63, 3.8) is 0 Å². The Hall–Kier alpha value is -1.05. The third-order valence-electron chi connectivity index (χ3n) is 4.94. The van der Waals surface area contributed by atoms with Crippen LogP contribution in [0.15, 0.2) is 24.3 Å². The zero-order valence-electron chi connectivity index (χ0n) is 14.3. The van der Waals surface area contributed by atoms with Crippen molar-refractivity contribution in [2.75, 3.05) is 0 Å². The van der Waals surface area contributed by atoms with Gasteiger partial charge < -0.3 is 5.11 Å². The van der Waals surface area contributed by atoms with Crippen LogP contribution in [0.5, 0.6) is 0 Å². The van der Waals surface area contributed by atoms with Crippen molar-refractivity contribution in [3.05, 3.63) is 24.3 Å². The average molecular weight is 306 g/mol. The molecular weight excluding hydrogens is 272 g/mol. The van der Waals surface area contributed by atoms with Crippen molar-refractivity contribution in [1.29, 1.82) is 0 Å². The number of hydrogen-bond acceptors (Lipinski definition) is 1. The molecule has 1 saturated carbocycles. The summed E-state index contributed by atoms with van der Waals surface area (Å²) in [6.07, 6.45) is 23.2. The number of rotatable bonds is 12. The van der Waals surface area contributed by atoms with Crippen molar-refractivity contribution >= 4 is 5.97 Å². The second-order valence-corrected chi connectivity index (χ2v) is 6.71. The van der Waals surface area contributed by atoms with E-state index >= 15 is 0 Å². The van der Waals surface area contributed by atoms with Gasteiger partial charge in [0.2, 0.25) is 0 Å². The lowest BCUT2D eigenvalue weighted by molar-refractivity contribution is -0.131. The van der Waals surface area contributed by atoms with E-state index in [-0.39, 0.29) is 0 Å². The van der Waals surface area contributed by atoms with Crippen molar-refractivity contribution in [3.8, 4) is 0 Å². The summed E-state index contributed by atoms with van der Waals surface area (Å²) < 4.78 is 0. The monoisotopic (exact) mass is 306 g/mol. The maximum Gasteiger partial charge on any atom is 0.328 e. The van der Waals surface area contributed by atoms with Gasteiger partial charge >= 0.3 is 5.97 Å². The zero-order valence-corrected chi connectivity index (χ0v) is 14.3. The van der Waals surface area contributed by atoms with E-state index in [9.17, 15) is 4.79 Å². The minimum absolute atomic E-state index is 0.876. The van der Waals surface area contributed by atoms with Crippen molar-refractivity contribution in [2.45, 2.75) is 84.0 Å². The lowest BCUT2D eigenvalue weighted by Crippen LogP contribution is -2.07. The molecule has 0 amide bonds. The standard InChI is InChI=1S/C20H34O2/c1-2-3-4-5-6-9-13-18-15-12-16-19(18)14-10-7-8-11-17-20(21)22/h7-8,11,17-19H,2-6,9-10,12-16H2,1H3,(H,21,22)/t18-,19-/m0/s1. The van der Waals surface area contributed by atoms with Crippen LogP contribution in [0.1, 0.15) is 84.0 Å². The van der Waals surface area contributed by atoms with Crippen LogP contribution in [0.25, 0.3) is 0 Å². The fourth-order valence-corrected chi connectivity index (χ4v) is 3.68. The van der Waals surface area contributed by atoms with Crippen LogP contribution >= 0.6 is 0 Å². The lowest BCUT2D eigenvalue weighted by atomic mass is 9.87. The quantitative estimate of drug-likeness (QED) is 0.267. The van der Waals surface area contributed by atoms with E-state index < -0.39 is 5.97 Å². The Morgan fingerprint density at radius 1 is 1.00 bits per heavy atom. The van der Waals surface area contributed by atoms with E-state index in [0.29, 0.717) is 0 Å². The first-order chi connectivity index (χ1) is 10.7. The SMILES string of the molecule is CCCCCCCC[C@H]1CCC[C@@H]1CCC=CC=CC(=O)O. The fourth-order valence-electron chi connectivity index (χ4n) is 3.68. The largest absolute Gasteiger partial charge is 0.478 e. The van der Waals surface area contributed by atoms with E-state index in [2.05, 4.69) is 13.0 Å². The van der Waals surface area contributed by atoms with Gasteiger partial charge in [0.25, 0.3) is 0 Å². The van der Waals surface area contributed by atoms with Crippen molar-refractivity contribution in [1.82, 2.24) is 0 Å². The summed E-state index contributed by atoms with van der Waals surface area (Å²) >= 11 is 0. The fraction of sp³-hybridized carbons (Fsp3) is 0.750. The number of carboxylic acid groups (broad SMARTS) is 1. The highest BCUT2D eigenvalue weighted by molar-refractivity contribution is 5.80. The molecule has 126 valence electrons. The Bertz CT molecular complexity index is 344. The first-order valence-corrected chi connectivity index (χ1v) is 9.30. The lowest BCUT2D eigenvalue weighted by Gasteiger charge is -2.18. The summed E-state index contributed by atoms with van der Waals surface area (Å²) in [5.41, 5.74) is 0. The second-order valence-electron chi connectivity index (χ2n) is 6.71. The maximum absolute atomic E-state index is 10.3. The molecule has 1 aliphatic carbocycles. The van der Waals surface area contributed by atoms with Gasteiger partial charge in [-0.2, -0.15) is 0 Å². The van der Waals surface area contributed by atoms with Gasteiger partial charge in [-0.3, -0.25) is 0 Å². The Labute approximate surface area is 136 Å². The van der Waals surface area contributed by atoms with Gasteiger partial charge in [-0.05, 0) is 24.7 Å². The highest BCUT2D eigenvalue weighted by atomic mass is 16.4. The van der Waals surface area contributed by atoms with Crippen LogP contribution in [-0.4, -0.2) is 11.1 Å². The summed E-state index contributed by atoms with van der Waals surface area (Å²) in [6, 6.07) is 0. The highest BCUT2D eigenvalue weighted by Gasteiger charge is 2.25. The molecule has 2 nitrogen and oxygen atoms in total. The third kappa shape index (κ3) is 9.07. The molecule has 0 aromatic rings. The predicted octanol–water partition coefficient (Wildman–Crippen LogP) is 6.13. The Balaban J connectivity index is 2.11. The van der Waals surface area contributed by atoms with Gasteiger partial charge in [0, 0.05) is 6.08 Å². The molecule has 0 heterocycles. The Kier molecular flexibility index (Phi) is 10.8. The van der Waals surface area contributed by atoms with Gasteiger partial charge in [-0.1, -0.05) is 89.4 Å². The van der Waals surface area contributed by atoms with Crippen molar-refractivity contribution in [2.24, 2.45) is 11.8 Å². The van der Waals surface area contributed by atoms with E-state index in [4.69, 9.17) is 5.11 Å². The predicted molar refractivity (Wildman–Crippen MR) is 94.0 cm³/mol. The number of carboxylic acids is 1. The number of carbonyl (C=O) groups is 1. The number of hydrogen-bond donors (Lipinski definition) is 1. The molecule has 0 unspecified atom stereocenters. The minimum Gasteiger partial charge on any atom is -0.478 e. The molecule has 0 aromatic carbocycles. The second kappa shape index (κ2) is 12.5. The van der Waals surface area contributed by atoms with E-state index in [1.807, 2.05) is 6.08 Å². The van der Waals surface area contributed by atoms with Gasteiger partial charge in [0.1, 0.15) is 0 Å². The molecule has 0 aromatic heterocycles. The van der Waals surface area contributed by atoms with Crippen LogP contribution in [0.4, 0.5) is 0 Å². The summed E-state index contributed by atoms with van der Waals surface area (Å²) in [5.74, 6) is 0.984. The van der Waals surface area contributed by atoms with Crippen LogP contribution < -0.4 is 0 Å². The molecule has 22 heavy (non-hydrogen) atoms. The summed E-state index contributed by atoms with van der Waals surface area (Å²) in [4.78, 5) is 10.3. The topological polar surface area (TPSA) is 37.3 Å². The first-order valence-electron chi connectivity index (χ1n) is 9.30. The molecule has 2 atom stereocenters. The zero-order chi connectivity index (χ0) is 16.0. The maximum atomic E-state index is 10.3. The summed E-state index contributed by atoms with van der Waals surface area (Å²) in [5, 5.41) is 8.51. The number of aliphatic carboxylic acids is 1. The van der Waals surface area contributed by atoms with Gasteiger partial charge in [-0.25, -0.2) is 4.79 Å². The van der Waals surface area contributed by atoms with Gasteiger partial charge in [-0.15, -0.1) is 0 Å². The molecule has 0 aliphatic heterocycles. The molecular formula is C20H34O2. The minimum atomic E-state index is -0.876. The molecule has 0 bridgehead atoms. The average Bonchev–Trinajstić information content (AvgIpc) is 2.93. The smallest absolute Gasteiger partial charge is 0.328 e. The molecule has 0 radical (unpaired) electrons. The van der Waals surface area contributed by atoms with Crippen LogP contribution in [0.3, 0.4) is 0 Å². The van der Waals surface area contributed by atoms with Gasteiger partial charge in [0.15, 0.2) is 0 Å².